The number of halogens is 1. The van der Waals surface area contributed by atoms with Crippen LogP contribution in [0.2, 0.25) is 5.02 Å². The average molecular weight is 373 g/mol. The number of ether oxygens (including phenoxy) is 2. The molecule has 0 unspecified atom stereocenters. The summed E-state index contributed by atoms with van der Waals surface area (Å²) in [6, 6.07) is 12.5. The Morgan fingerprint density at radius 1 is 1.04 bits per heavy atom. The van der Waals surface area contributed by atoms with Gasteiger partial charge in [0.2, 0.25) is 0 Å². The Balaban J connectivity index is 1.86. The first-order valence-corrected chi connectivity index (χ1v) is 8.83. The second-order valence-corrected chi connectivity index (χ2v) is 6.04. The third-order valence-corrected chi connectivity index (χ3v) is 4.08. The first-order chi connectivity index (χ1) is 12.6. The van der Waals surface area contributed by atoms with Gasteiger partial charge in [0.1, 0.15) is 5.82 Å². The molecule has 0 aliphatic heterocycles. The maximum atomic E-state index is 6.37. The van der Waals surface area contributed by atoms with Crippen molar-refractivity contribution in [2.75, 3.05) is 13.2 Å². The van der Waals surface area contributed by atoms with Crippen molar-refractivity contribution in [2.24, 2.45) is 5.73 Å². The molecule has 0 fully saturated rings. The van der Waals surface area contributed by atoms with Gasteiger partial charge < -0.3 is 15.2 Å². The van der Waals surface area contributed by atoms with Gasteiger partial charge in [0.05, 0.1) is 19.3 Å². The largest absolute Gasteiger partial charge is 0.490 e. The van der Waals surface area contributed by atoms with Crippen LogP contribution in [0.25, 0.3) is 11.4 Å². The predicted octanol–water partition coefficient (Wildman–Crippen LogP) is 3.97. The van der Waals surface area contributed by atoms with E-state index >= 15 is 0 Å². The van der Waals surface area contributed by atoms with Crippen LogP contribution in [0.15, 0.2) is 42.5 Å². The second-order valence-electron chi connectivity index (χ2n) is 5.60. The number of hydrogen-bond acceptors (Lipinski definition) is 5. The van der Waals surface area contributed by atoms with Gasteiger partial charge in [-0.1, -0.05) is 17.7 Å². The zero-order valence-corrected chi connectivity index (χ0v) is 15.5. The number of benzene rings is 2. The van der Waals surface area contributed by atoms with E-state index in [0.29, 0.717) is 41.4 Å². The van der Waals surface area contributed by atoms with Crippen LogP contribution in [-0.2, 0) is 0 Å². The molecule has 3 aromatic rings. The van der Waals surface area contributed by atoms with Crippen molar-refractivity contribution in [3.05, 3.63) is 58.9 Å². The molecule has 136 valence electrons. The molecular weight excluding hydrogens is 352 g/mol. The summed E-state index contributed by atoms with van der Waals surface area (Å²) in [5.74, 6) is 2.51. The molecule has 7 heteroatoms. The lowest BCUT2D eigenvalue weighted by Gasteiger charge is -2.14. The maximum absolute atomic E-state index is 6.37. The third-order valence-electron chi connectivity index (χ3n) is 3.83. The lowest BCUT2D eigenvalue weighted by Crippen LogP contribution is -2.14. The summed E-state index contributed by atoms with van der Waals surface area (Å²) in [5, 5.41) is 7.84. The van der Waals surface area contributed by atoms with E-state index in [4.69, 9.17) is 26.8 Å². The first kappa shape index (κ1) is 18.2. The number of aromatic nitrogens is 3. The Labute approximate surface area is 157 Å². The van der Waals surface area contributed by atoms with Gasteiger partial charge in [-0.15, -0.1) is 0 Å². The minimum Gasteiger partial charge on any atom is -0.490 e. The highest BCUT2D eigenvalue weighted by molar-refractivity contribution is 6.30. The highest BCUT2D eigenvalue weighted by Gasteiger charge is 2.17. The average Bonchev–Trinajstić information content (AvgIpc) is 3.13. The number of H-pyrrole nitrogens is 1. The minimum atomic E-state index is -0.460. The molecule has 1 aromatic heterocycles. The van der Waals surface area contributed by atoms with Crippen molar-refractivity contribution >= 4 is 11.6 Å². The van der Waals surface area contributed by atoms with E-state index < -0.39 is 6.04 Å². The fourth-order valence-corrected chi connectivity index (χ4v) is 2.69. The van der Waals surface area contributed by atoms with Crippen molar-refractivity contribution < 1.29 is 9.47 Å². The number of hydrogen-bond donors (Lipinski definition) is 2. The summed E-state index contributed by atoms with van der Waals surface area (Å²) in [7, 11) is 0. The molecule has 3 N–H and O–H groups in total. The molecule has 6 nitrogen and oxygen atoms in total. The Bertz CT molecular complexity index is 864. The van der Waals surface area contributed by atoms with Crippen LogP contribution in [0.4, 0.5) is 0 Å². The van der Waals surface area contributed by atoms with Crippen LogP contribution >= 0.6 is 11.6 Å². The monoisotopic (exact) mass is 372 g/mol. The molecular formula is C19H21ClN4O2. The normalized spacial score (nSPS) is 12.0. The van der Waals surface area contributed by atoms with E-state index in [1.165, 1.54) is 0 Å². The Hall–Kier alpha value is -2.57. The highest BCUT2D eigenvalue weighted by Crippen LogP contribution is 2.31. The zero-order chi connectivity index (χ0) is 18.5. The van der Waals surface area contributed by atoms with E-state index in [0.717, 1.165) is 11.1 Å². The Morgan fingerprint density at radius 3 is 2.42 bits per heavy atom. The fourth-order valence-electron chi connectivity index (χ4n) is 2.56. The van der Waals surface area contributed by atoms with Crippen molar-refractivity contribution in [3.63, 3.8) is 0 Å². The molecule has 0 aliphatic carbocycles. The molecule has 0 saturated carbocycles. The van der Waals surface area contributed by atoms with Gasteiger partial charge in [-0.2, -0.15) is 5.10 Å². The molecule has 3 rings (SSSR count). The summed E-state index contributed by atoms with van der Waals surface area (Å²) in [6.45, 7) is 4.97. The topological polar surface area (TPSA) is 86.0 Å². The number of aromatic amines is 1. The predicted molar refractivity (Wildman–Crippen MR) is 102 cm³/mol. The van der Waals surface area contributed by atoms with Gasteiger partial charge in [0.15, 0.2) is 17.3 Å². The van der Waals surface area contributed by atoms with E-state index in [2.05, 4.69) is 15.2 Å². The number of nitrogens with two attached hydrogens (primary N) is 1. The zero-order valence-electron chi connectivity index (χ0n) is 14.7. The van der Waals surface area contributed by atoms with Crippen LogP contribution in [0.1, 0.15) is 31.3 Å². The molecule has 0 saturated heterocycles. The third kappa shape index (κ3) is 3.98. The van der Waals surface area contributed by atoms with Crippen LogP contribution in [0, 0.1) is 0 Å². The van der Waals surface area contributed by atoms with Crippen molar-refractivity contribution in [2.45, 2.75) is 19.9 Å². The standard InChI is InChI=1S/C19H21ClN4O2/c1-3-25-15-10-7-13(11-16(15)26-4-2)17(21)19-22-18(23-24-19)12-5-8-14(20)9-6-12/h5-11,17H,3-4,21H2,1-2H3,(H,22,23,24)/t17-/m0/s1. The summed E-state index contributed by atoms with van der Waals surface area (Å²) >= 11 is 5.92. The summed E-state index contributed by atoms with van der Waals surface area (Å²) in [6.07, 6.45) is 0. The van der Waals surface area contributed by atoms with Crippen LogP contribution in [0.3, 0.4) is 0 Å². The molecule has 1 heterocycles. The quantitative estimate of drug-likeness (QED) is 0.655. The van der Waals surface area contributed by atoms with Gasteiger partial charge >= 0.3 is 0 Å². The lowest BCUT2D eigenvalue weighted by atomic mass is 10.1. The maximum Gasteiger partial charge on any atom is 0.181 e. The van der Waals surface area contributed by atoms with E-state index in [1.54, 1.807) is 12.1 Å². The van der Waals surface area contributed by atoms with E-state index in [-0.39, 0.29) is 0 Å². The fraction of sp³-hybridized carbons (Fsp3) is 0.263. The van der Waals surface area contributed by atoms with Crippen LogP contribution < -0.4 is 15.2 Å². The van der Waals surface area contributed by atoms with Gasteiger partial charge in [0, 0.05) is 10.6 Å². The molecule has 2 aromatic carbocycles. The summed E-state index contributed by atoms with van der Waals surface area (Å²) in [5.41, 5.74) is 8.09. The molecule has 0 aliphatic rings. The molecule has 1 atom stereocenters. The van der Waals surface area contributed by atoms with Gasteiger partial charge in [-0.3, -0.25) is 5.10 Å². The molecule has 0 bridgehead atoms. The Morgan fingerprint density at radius 2 is 1.73 bits per heavy atom. The SMILES string of the molecule is CCOc1ccc([C@H](N)c2nc(-c3ccc(Cl)cc3)n[nH]2)cc1OCC. The van der Waals surface area contributed by atoms with Crippen LogP contribution in [-0.4, -0.2) is 28.4 Å². The summed E-state index contributed by atoms with van der Waals surface area (Å²) < 4.78 is 11.3. The molecule has 26 heavy (non-hydrogen) atoms. The summed E-state index contributed by atoms with van der Waals surface area (Å²) in [4.78, 5) is 4.51. The van der Waals surface area contributed by atoms with Crippen molar-refractivity contribution in [1.29, 1.82) is 0 Å². The first-order valence-electron chi connectivity index (χ1n) is 8.45. The van der Waals surface area contributed by atoms with E-state index in [9.17, 15) is 0 Å². The highest BCUT2D eigenvalue weighted by atomic mass is 35.5. The lowest BCUT2D eigenvalue weighted by molar-refractivity contribution is 0.287. The van der Waals surface area contributed by atoms with Crippen molar-refractivity contribution in [1.82, 2.24) is 15.2 Å². The van der Waals surface area contributed by atoms with Gasteiger partial charge in [-0.25, -0.2) is 4.98 Å². The second kappa shape index (κ2) is 8.21. The molecule has 0 spiro atoms. The number of rotatable bonds is 7. The Kier molecular flexibility index (Phi) is 5.75. The molecule has 0 radical (unpaired) electrons. The van der Waals surface area contributed by atoms with Gasteiger partial charge in [0.25, 0.3) is 0 Å². The van der Waals surface area contributed by atoms with Crippen LogP contribution in [0.5, 0.6) is 11.5 Å². The van der Waals surface area contributed by atoms with Crippen molar-refractivity contribution in [3.8, 4) is 22.9 Å². The van der Waals surface area contributed by atoms with Gasteiger partial charge in [-0.05, 0) is 55.8 Å². The smallest absolute Gasteiger partial charge is 0.181 e. The van der Waals surface area contributed by atoms with E-state index in [1.807, 2.05) is 44.2 Å². The minimum absolute atomic E-state index is 0.460. The molecule has 0 amide bonds. The number of nitrogens with one attached hydrogen (secondary N) is 1. The number of nitrogens with zero attached hydrogens (tertiary/aromatic N) is 2.